The normalized spacial score (nSPS) is 13.8. The SMILES string of the molecule is CCC#Cc1cccc2c1CN(C(C=O)CCC(=O)NC)C2=O. The molecule has 0 spiro atoms. The van der Waals surface area contributed by atoms with Gasteiger partial charge in [-0.25, -0.2) is 0 Å². The molecule has 2 amide bonds. The molecule has 1 aromatic rings. The lowest BCUT2D eigenvalue weighted by atomic mass is 10.0. The van der Waals surface area contributed by atoms with Gasteiger partial charge in [0.25, 0.3) is 5.91 Å². The van der Waals surface area contributed by atoms with Crippen LogP contribution < -0.4 is 5.32 Å². The van der Waals surface area contributed by atoms with Crippen LogP contribution in [0.2, 0.25) is 0 Å². The highest BCUT2D eigenvalue weighted by molar-refractivity contribution is 6.00. The zero-order valence-corrected chi connectivity index (χ0v) is 13.4. The lowest BCUT2D eigenvalue weighted by Gasteiger charge is -2.22. The Kier molecular flexibility index (Phi) is 5.53. The van der Waals surface area contributed by atoms with Crippen LogP contribution in [0.4, 0.5) is 0 Å². The van der Waals surface area contributed by atoms with E-state index >= 15 is 0 Å². The maximum absolute atomic E-state index is 12.6. The van der Waals surface area contributed by atoms with Gasteiger partial charge in [0.2, 0.25) is 5.91 Å². The van der Waals surface area contributed by atoms with Gasteiger partial charge in [-0.3, -0.25) is 9.59 Å². The second-order valence-corrected chi connectivity index (χ2v) is 5.34. The number of benzene rings is 1. The van der Waals surface area contributed by atoms with Gasteiger partial charge in [0.05, 0.1) is 6.04 Å². The molecule has 1 heterocycles. The van der Waals surface area contributed by atoms with Crippen molar-refractivity contribution in [1.82, 2.24) is 10.2 Å². The van der Waals surface area contributed by atoms with Gasteiger partial charge in [0, 0.05) is 37.6 Å². The number of nitrogens with one attached hydrogen (secondary N) is 1. The fraction of sp³-hybridized carbons (Fsp3) is 0.389. The molecule has 0 radical (unpaired) electrons. The molecular weight excluding hydrogens is 292 g/mol. The van der Waals surface area contributed by atoms with Crippen molar-refractivity contribution in [2.24, 2.45) is 0 Å². The van der Waals surface area contributed by atoms with E-state index in [9.17, 15) is 14.4 Å². The van der Waals surface area contributed by atoms with Crippen LogP contribution in [-0.4, -0.2) is 36.1 Å². The quantitative estimate of drug-likeness (QED) is 0.662. The van der Waals surface area contributed by atoms with Gasteiger partial charge in [-0.2, -0.15) is 0 Å². The summed E-state index contributed by atoms with van der Waals surface area (Å²) in [7, 11) is 1.55. The average Bonchev–Trinajstić information content (AvgIpc) is 2.91. The predicted octanol–water partition coefficient (Wildman–Crippen LogP) is 1.50. The van der Waals surface area contributed by atoms with E-state index in [0.717, 1.165) is 23.8 Å². The summed E-state index contributed by atoms with van der Waals surface area (Å²) in [6, 6.07) is 4.85. The third-order valence-corrected chi connectivity index (χ3v) is 3.90. The van der Waals surface area contributed by atoms with Crippen LogP contribution in [0.25, 0.3) is 0 Å². The highest BCUT2D eigenvalue weighted by atomic mass is 16.2. The van der Waals surface area contributed by atoms with Gasteiger partial charge in [-0.15, -0.1) is 0 Å². The minimum absolute atomic E-state index is 0.143. The predicted molar refractivity (Wildman–Crippen MR) is 86.6 cm³/mol. The number of amides is 2. The standard InChI is InChI=1S/C18H20N2O3/c1-3-4-6-13-7-5-8-15-16(13)11-20(18(15)23)14(12-21)9-10-17(22)19-2/h5,7-8,12,14H,3,9-11H2,1-2H3,(H,19,22). The Balaban J connectivity index is 2.22. The highest BCUT2D eigenvalue weighted by Gasteiger charge is 2.33. The van der Waals surface area contributed by atoms with E-state index < -0.39 is 6.04 Å². The molecule has 0 aromatic heterocycles. The van der Waals surface area contributed by atoms with Crippen molar-refractivity contribution < 1.29 is 14.4 Å². The number of nitrogens with zero attached hydrogens (tertiary/aromatic N) is 1. The molecule has 0 bridgehead atoms. The largest absolute Gasteiger partial charge is 0.359 e. The zero-order chi connectivity index (χ0) is 16.8. The van der Waals surface area contributed by atoms with Crippen molar-refractivity contribution in [2.45, 2.75) is 38.8 Å². The third-order valence-electron chi connectivity index (χ3n) is 3.90. The monoisotopic (exact) mass is 312 g/mol. The molecule has 1 unspecified atom stereocenters. The van der Waals surface area contributed by atoms with Crippen molar-refractivity contribution in [1.29, 1.82) is 0 Å². The molecule has 1 aromatic carbocycles. The van der Waals surface area contributed by atoms with Crippen molar-refractivity contribution >= 4 is 18.1 Å². The summed E-state index contributed by atoms with van der Waals surface area (Å²) in [5, 5.41) is 2.52. The Labute approximate surface area is 136 Å². The molecule has 5 heteroatoms. The zero-order valence-electron chi connectivity index (χ0n) is 13.4. The lowest BCUT2D eigenvalue weighted by Crippen LogP contribution is -2.37. The Bertz CT molecular complexity index is 685. The summed E-state index contributed by atoms with van der Waals surface area (Å²) >= 11 is 0. The maximum Gasteiger partial charge on any atom is 0.255 e. The van der Waals surface area contributed by atoms with E-state index in [1.807, 2.05) is 13.0 Å². The number of fused-ring (bicyclic) bond motifs is 1. The summed E-state index contributed by atoms with van der Waals surface area (Å²) in [5.74, 6) is 5.77. The molecule has 0 saturated carbocycles. The van der Waals surface area contributed by atoms with Gasteiger partial charge in [-0.1, -0.05) is 24.8 Å². The fourth-order valence-electron chi connectivity index (χ4n) is 2.62. The minimum atomic E-state index is -0.598. The van der Waals surface area contributed by atoms with Crippen LogP contribution in [0, 0.1) is 11.8 Å². The van der Waals surface area contributed by atoms with Gasteiger partial charge in [0.15, 0.2) is 0 Å². The van der Waals surface area contributed by atoms with Crippen LogP contribution >= 0.6 is 0 Å². The first-order chi connectivity index (χ1) is 11.1. The first-order valence-corrected chi connectivity index (χ1v) is 7.70. The van der Waals surface area contributed by atoms with Gasteiger partial charge in [-0.05, 0) is 24.1 Å². The number of hydrogen-bond donors (Lipinski definition) is 1. The van der Waals surface area contributed by atoms with Gasteiger partial charge < -0.3 is 15.0 Å². The summed E-state index contributed by atoms with van der Waals surface area (Å²) < 4.78 is 0. The maximum atomic E-state index is 12.6. The van der Waals surface area contributed by atoms with Crippen LogP contribution in [-0.2, 0) is 16.1 Å². The minimum Gasteiger partial charge on any atom is -0.359 e. The van der Waals surface area contributed by atoms with Crippen LogP contribution in [0.15, 0.2) is 18.2 Å². The average molecular weight is 312 g/mol. The van der Waals surface area contributed by atoms with E-state index in [4.69, 9.17) is 0 Å². The number of carbonyl (C=O) groups excluding carboxylic acids is 3. The van der Waals surface area contributed by atoms with Crippen LogP contribution in [0.3, 0.4) is 0 Å². The number of aldehydes is 1. The van der Waals surface area contributed by atoms with Crippen LogP contribution in [0.5, 0.6) is 0 Å². The van der Waals surface area contributed by atoms with Crippen molar-refractivity contribution in [3.8, 4) is 11.8 Å². The number of rotatable bonds is 5. The Morgan fingerprint density at radius 2 is 2.26 bits per heavy atom. The molecule has 120 valence electrons. The van der Waals surface area contributed by atoms with Crippen LogP contribution in [0.1, 0.15) is 47.7 Å². The van der Waals surface area contributed by atoms with E-state index in [1.54, 1.807) is 19.2 Å². The summed E-state index contributed by atoms with van der Waals surface area (Å²) in [5.41, 5.74) is 2.29. The fourth-order valence-corrected chi connectivity index (χ4v) is 2.62. The van der Waals surface area contributed by atoms with E-state index in [2.05, 4.69) is 17.2 Å². The molecule has 0 aliphatic carbocycles. The topological polar surface area (TPSA) is 66.5 Å². The molecule has 0 saturated heterocycles. The Morgan fingerprint density at radius 1 is 1.48 bits per heavy atom. The Hall–Kier alpha value is -2.61. The van der Waals surface area contributed by atoms with Crippen molar-refractivity contribution in [2.75, 3.05) is 7.05 Å². The molecule has 5 nitrogen and oxygen atoms in total. The summed E-state index contributed by atoms with van der Waals surface area (Å²) in [6.07, 6.45) is 2.01. The third kappa shape index (κ3) is 3.59. The first-order valence-electron chi connectivity index (χ1n) is 7.70. The summed E-state index contributed by atoms with van der Waals surface area (Å²) in [6.45, 7) is 2.33. The molecule has 1 N–H and O–H groups in total. The van der Waals surface area contributed by atoms with Crippen molar-refractivity contribution in [3.63, 3.8) is 0 Å². The second-order valence-electron chi connectivity index (χ2n) is 5.34. The highest BCUT2D eigenvalue weighted by Crippen LogP contribution is 2.28. The number of carbonyl (C=O) groups is 3. The Morgan fingerprint density at radius 3 is 2.91 bits per heavy atom. The molecule has 1 atom stereocenters. The molecule has 23 heavy (non-hydrogen) atoms. The van der Waals surface area contributed by atoms with E-state index in [0.29, 0.717) is 18.5 Å². The number of hydrogen-bond acceptors (Lipinski definition) is 3. The van der Waals surface area contributed by atoms with Gasteiger partial charge >= 0.3 is 0 Å². The lowest BCUT2D eigenvalue weighted by molar-refractivity contribution is -0.121. The van der Waals surface area contributed by atoms with Crippen molar-refractivity contribution in [3.05, 3.63) is 34.9 Å². The van der Waals surface area contributed by atoms with E-state index in [1.165, 1.54) is 4.90 Å². The molecule has 0 fully saturated rings. The molecule has 2 rings (SSSR count). The molecular formula is C18H20N2O3. The second kappa shape index (κ2) is 7.59. The smallest absolute Gasteiger partial charge is 0.255 e. The van der Waals surface area contributed by atoms with E-state index in [-0.39, 0.29) is 18.2 Å². The first kappa shape index (κ1) is 16.8. The molecule has 1 aliphatic rings. The summed E-state index contributed by atoms with van der Waals surface area (Å²) in [4.78, 5) is 36.8. The van der Waals surface area contributed by atoms with Gasteiger partial charge in [0.1, 0.15) is 6.29 Å². The molecule has 1 aliphatic heterocycles.